The minimum Gasteiger partial charge on any atom is -0.476 e. The fourth-order valence-electron chi connectivity index (χ4n) is 3.48. The van der Waals surface area contributed by atoms with Crippen LogP contribution < -0.4 is 23.8 Å². The van der Waals surface area contributed by atoms with Gasteiger partial charge in [0.05, 0.1) is 17.1 Å². The van der Waals surface area contributed by atoms with Crippen molar-refractivity contribution >= 4 is 27.3 Å². The summed E-state index contributed by atoms with van der Waals surface area (Å²) >= 11 is 0. The number of carbonyl (C=O) groups excluding carboxylic acids is 1. The number of carbonyl (C=O) groups is 1. The van der Waals surface area contributed by atoms with Gasteiger partial charge in [0.25, 0.3) is 15.9 Å². The van der Waals surface area contributed by atoms with Crippen molar-refractivity contribution in [3.63, 3.8) is 0 Å². The fourth-order valence-corrected chi connectivity index (χ4v) is 4.98. The second-order valence-corrected chi connectivity index (χ2v) is 8.84. The Labute approximate surface area is 179 Å². The van der Waals surface area contributed by atoms with Crippen molar-refractivity contribution in [2.24, 2.45) is 0 Å². The molecule has 2 heterocycles. The minimum atomic E-state index is -3.89. The van der Waals surface area contributed by atoms with Crippen LogP contribution in [0.2, 0.25) is 0 Å². The summed E-state index contributed by atoms with van der Waals surface area (Å²) in [5.74, 6) is 0.975. The third kappa shape index (κ3) is 3.53. The Bertz CT molecular complexity index is 1250. The Morgan fingerprint density at radius 1 is 0.903 bits per heavy atom. The highest BCUT2D eigenvalue weighted by atomic mass is 32.2. The molecule has 0 radical (unpaired) electrons. The lowest BCUT2D eigenvalue weighted by molar-refractivity contribution is -0.122. The van der Waals surface area contributed by atoms with E-state index in [0.29, 0.717) is 28.6 Å². The van der Waals surface area contributed by atoms with Gasteiger partial charge in [-0.3, -0.25) is 9.10 Å². The Hall–Kier alpha value is -3.72. The molecule has 2 aliphatic heterocycles. The van der Waals surface area contributed by atoms with Gasteiger partial charge in [-0.15, -0.1) is 0 Å². The average Bonchev–Trinajstić information content (AvgIpc) is 3.27. The number of hydrogen-bond donors (Lipinski definition) is 1. The van der Waals surface area contributed by atoms with Crippen LogP contribution in [0, 0.1) is 0 Å². The van der Waals surface area contributed by atoms with E-state index in [1.807, 2.05) is 0 Å². The number of para-hydroxylation sites is 2. The smallest absolute Gasteiger partial charge is 0.267 e. The molecule has 0 fully saturated rings. The minimum absolute atomic E-state index is 0.127. The molecule has 31 heavy (non-hydrogen) atoms. The molecule has 158 valence electrons. The quantitative estimate of drug-likeness (QED) is 0.673. The highest BCUT2D eigenvalue weighted by molar-refractivity contribution is 7.92. The molecule has 1 amide bonds. The van der Waals surface area contributed by atoms with E-state index in [1.165, 1.54) is 16.4 Å². The van der Waals surface area contributed by atoms with Crippen molar-refractivity contribution in [3.8, 4) is 17.2 Å². The summed E-state index contributed by atoms with van der Waals surface area (Å²) in [6.45, 7) is -0.0355. The molecular formula is C22H18N2O6S. The standard InChI is InChI=1S/C22H18N2O6S/c25-22(23-15-10-11-19-20(12-15)29-14-28-19)21-13-24(17-8-4-5-9-18(17)30-21)31(26,27)16-6-2-1-3-7-16/h1-12,21H,13-14H2,(H,23,25)/t21-/m0/s1. The first-order valence-corrected chi connectivity index (χ1v) is 11.0. The summed E-state index contributed by atoms with van der Waals surface area (Å²) in [4.78, 5) is 13.1. The van der Waals surface area contributed by atoms with Crippen LogP contribution in [0.15, 0.2) is 77.7 Å². The molecule has 2 aliphatic rings. The number of fused-ring (bicyclic) bond motifs is 2. The fraction of sp³-hybridized carbons (Fsp3) is 0.136. The number of sulfonamides is 1. The van der Waals surface area contributed by atoms with E-state index < -0.39 is 22.0 Å². The first-order valence-electron chi connectivity index (χ1n) is 9.56. The van der Waals surface area contributed by atoms with Gasteiger partial charge in [-0.05, 0) is 36.4 Å². The third-order valence-corrected chi connectivity index (χ3v) is 6.79. The topological polar surface area (TPSA) is 94.2 Å². The van der Waals surface area contributed by atoms with Gasteiger partial charge in [0, 0.05) is 11.8 Å². The summed E-state index contributed by atoms with van der Waals surface area (Å²) in [6.07, 6.45) is -1.04. The van der Waals surface area contributed by atoms with Gasteiger partial charge in [0.2, 0.25) is 6.79 Å². The van der Waals surface area contributed by atoms with Crippen LogP contribution in [-0.2, 0) is 14.8 Å². The molecule has 0 spiro atoms. The van der Waals surface area contributed by atoms with Crippen LogP contribution in [0.25, 0.3) is 0 Å². The maximum absolute atomic E-state index is 13.3. The predicted molar refractivity (Wildman–Crippen MR) is 113 cm³/mol. The van der Waals surface area contributed by atoms with Gasteiger partial charge in [-0.25, -0.2) is 8.42 Å². The predicted octanol–water partition coefficient (Wildman–Crippen LogP) is 3.01. The maximum atomic E-state index is 13.3. The largest absolute Gasteiger partial charge is 0.476 e. The highest BCUT2D eigenvalue weighted by Gasteiger charge is 2.37. The third-order valence-electron chi connectivity index (χ3n) is 5.00. The summed E-state index contributed by atoms with van der Waals surface area (Å²) in [5.41, 5.74) is 0.882. The van der Waals surface area contributed by atoms with Crippen LogP contribution in [0.4, 0.5) is 11.4 Å². The van der Waals surface area contributed by atoms with E-state index in [0.717, 1.165) is 0 Å². The second-order valence-electron chi connectivity index (χ2n) is 6.98. The Morgan fingerprint density at radius 2 is 1.65 bits per heavy atom. The summed E-state index contributed by atoms with van der Waals surface area (Å²) in [7, 11) is -3.89. The highest BCUT2D eigenvalue weighted by Crippen LogP contribution is 2.37. The molecular weight excluding hydrogens is 420 g/mol. The maximum Gasteiger partial charge on any atom is 0.267 e. The molecule has 0 bridgehead atoms. The molecule has 0 aromatic heterocycles. The van der Waals surface area contributed by atoms with Gasteiger partial charge in [-0.1, -0.05) is 30.3 Å². The second kappa shape index (κ2) is 7.51. The lowest BCUT2D eigenvalue weighted by Gasteiger charge is -2.34. The number of anilines is 2. The van der Waals surface area contributed by atoms with Crippen molar-refractivity contribution in [1.82, 2.24) is 0 Å². The van der Waals surface area contributed by atoms with Crippen molar-refractivity contribution in [2.45, 2.75) is 11.0 Å². The Kier molecular flexibility index (Phi) is 4.67. The average molecular weight is 438 g/mol. The SMILES string of the molecule is O=C(Nc1ccc2c(c1)OCO2)[C@@H]1CN(S(=O)(=O)c2ccccc2)c2ccccc2O1. The molecule has 0 aliphatic carbocycles. The Morgan fingerprint density at radius 3 is 2.48 bits per heavy atom. The molecule has 8 nitrogen and oxygen atoms in total. The van der Waals surface area contributed by atoms with E-state index in [2.05, 4.69) is 5.32 Å². The zero-order chi connectivity index (χ0) is 21.4. The van der Waals surface area contributed by atoms with Gasteiger partial charge < -0.3 is 19.5 Å². The molecule has 5 rings (SSSR count). The van der Waals surface area contributed by atoms with E-state index in [1.54, 1.807) is 60.7 Å². The zero-order valence-electron chi connectivity index (χ0n) is 16.2. The molecule has 1 N–H and O–H groups in total. The number of ether oxygens (including phenoxy) is 3. The number of rotatable bonds is 4. The lowest BCUT2D eigenvalue weighted by Crippen LogP contribution is -2.48. The lowest BCUT2D eigenvalue weighted by atomic mass is 10.2. The normalized spacial score (nSPS) is 16.9. The van der Waals surface area contributed by atoms with E-state index >= 15 is 0 Å². The van der Waals surface area contributed by atoms with Crippen molar-refractivity contribution in [2.75, 3.05) is 23.0 Å². The number of nitrogens with zero attached hydrogens (tertiary/aromatic N) is 1. The van der Waals surface area contributed by atoms with E-state index in [-0.39, 0.29) is 18.2 Å². The van der Waals surface area contributed by atoms with Crippen molar-refractivity contribution in [3.05, 3.63) is 72.8 Å². The van der Waals surface area contributed by atoms with Gasteiger partial charge in [0.1, 0.15) is 5.75 Å². The molecule has 9 heteroatoms. The zero-order valence-corrected chi connectivity index (χ0v) is 17.0. The first-order chi connectivity index (χ1) is 15.0. The molecule has 3 aromatic carbocycles. The number of amides is 1. The Balaban J connectivity index is 1.44. The van der Waals surface area contributed by atoms with Crippen LogP contribution in [-0.4, -0.2) is 33.8 Å². The molecule has 1 atom stereocenters. The summed E-state index contributed by atoms with van der Waals surface area (Å²) in [6, 6.07) is 19.9. The first kappa shape index (κ1) is 19.3. The van der Waals surface area contributed by atoms with Crippen LogP contribution in [0.1, 0.15) is 0 Å². The van der Waals surface area contributed by atoms with Crippen LogP contribution in [0.3, 0.4) is 0 Å². The molecule has 0 saturated heterocycles. The summed E-state index contributed by atoms with van der Waals surface area (Å²) < 4.78 is 44.3. The van der Waals surface area contributed by atoms with Gasteiger partial charge in [-0.2, -0.15) is 0 Å². The summed E-state index contributed by atoms with van der Waals surface area (Å²) in [5, 5.41) is 2.76. The monoisotopic (exact) mass is 438 g/mol. The van der Waals surface area contributed by atoms with Gasteiger partial charge >= 0.3 is 0 Å². The molecule has 0 unspecified atom stereocenters. The van der Waals surface area contributed by atoms with Gasteiger partial charge in [0.15, 0.2) is 17.6 Å². The number of benzene rings is 3. The number of hydrogen-bond acceptors (Lipinski definition) is 6. The van der Waals surface area contributed by atoms with E-state index in [4.69, 9.17) is 14.2 Å². The van der Waals surface area contributed by atoms with Crippen molar-refractivity contribution in [1.29, 1.82) is 0 Å². The van der Waals surface area contributed by atoms with Crippen molar-refractivity contribution < 1.29 is 27.4 Å². The molecule has 3 aromatic rings. The van der Waals surface area contributed by atoms with Crippen LogP contribution in [0.5, 0.6) is 17.2 Å². The molecule has 0 saturated carbocycles. The van der Waals surface area contributed by atoms with E-state index in [9.17, 15) is 13.2 Å². The van der Waals surface area contributed by atoms with Crippen LogP contribution >= 0.6 is 0 Å². The number of nitrogens with one attached hydrogen (secondary N) is 1.